The SMILES string of the molecule is Cn1ccc2ccn(CC(=O)NCc3cccs3)c(=O)c21. The lowest BCUT2D eigenvalue weighted by atomic mass is 10.3. The number of aromatic nitrogens is 2. The average molecular weight is 301 g/mol. The van der Waals surface area contributed by atoms with E-state index >= 15 is 0 Å². The first-order valence-corrected chi connectivity index (χ1v) is 7.46. The molecule has 1 N–H and O–H groups in total. The van der Waals surface area contributed by atoms with E-state index in [4.69, 9.17) is 0 Å². The van der Waals surface area contributed by atoms with Gasteiger partial charge in [-0.1, -0.05) is 6.07 Å². The van der Waals surface area contributed by atoms with Crippen LogP contribution in [0.15, 0.2) is 46.8 Å². The molecule has 3 aromatic heterocycles. The van der Waals surface area contributed by atoms with Crippen LogP contribution in [0.4, 0.5) is 0 Å². The Hall–Kier alpha value is -2.34. The number of carbonyl (C=O) groups excluding carboxylic acids is 1. The molecule has 0 aliphatic rings. The predicted molar refractivity (Wildman–Crippen MR) is 83.3 cm³/mol. The Morgan fingerprint density at radius 2 is 2.10 bits per heavy atom. The molecule has 0 radical (unpaired) electrons. The van der Waals surface area contributed by atoms with Gasteiger partial charge in [-0.05, 0) is 23.6 Å². The molecule has 3 aromatic rings. The third kappa shape index (κ3) is 2.75. The fourth-order valence-corrected chi connectivity index (χ4v) is 2.91. The van der Waals surface area contributed by atoms with Crippen LogP contribution in [0, 0.1) is 0 Å². The average Bonchev–Trinajstić information content (AvgIpc) is 3.10. The van der Waals surface area contributed by atoms with Gasteiger partial charge in [0.1, 0.15) is 12.1 Å². The fraction of sp³-hybridized carbons (Fsp3) is 0.200. The maximum atomic E-state index is 12.3. The van der Waals surface area contributed by atoms with E-state index in [-0.39, 0.29) is 18.0 Å². The summed E-state index contributed by atoms with van der Waals surface area (Å²) < 4.78 is 3.21. The lowest BCUT2D eigenvalue weighted by Crippen LogP contribution is -2.32. The summed E-state index contributed by atoms with van der Waals surface area (Å²) in [6, 6.07) is 7.65. The van der Waals surface area contributed by atoms with E-state index in [0.29, 0.717) is 12.1 Å². The number of hydrogen-bond donors (Lipinski definition) is 1. The molecule has 0 unspecified atom stereocenters. The molecule has 0 aliphatic carbocycles. The van der Waals surface area contributed by atoms with Crippen LogP contribution in [-0.4, -0.2) is 15.0 Å². The second-order valence-corrected chi connectivity index (χ2v) is 5.87. The van der Waals surface area contributed by atoms with Crippen LogP contribution in [-0.2, 0) is 24.9 Å². The molecule has 0 fully saturated rings. The Morgan fingerprint density at radius 3 is 2.86 bits per heavy atom. The molecule has 3 rings (SSSR count). The molecule has 5 nitrogen and oxygen atoms in total. The largest absolute Gasteiger partial charge is 0.350 e. The maximum Gasteiger partial charge on any atom is 0.275 e. The van der Waals surface area contributed by atoms with Gasteiger partial charge >= 0.3 is 0 Å². The Bertz CT molecular complexity index is 830. The lowest BCUT2D eigenvalue weighted by molar-refractivity contribution is -0.121. The van der Waals surface area contributed by atoms with Gasteiger partial charge in [0.2, 0.25) is 5.91 Å². The molecule has 108 valence electrons. The summed E-state index contributed by atoms with van der Waals surface area (Å²) in [5, 5.41) is 5.68. The van der Waals surface area contributed by atoms with Gasteiger partial charge in [0, 0.05) is 29.7 Å². The topological polar surface area (TPSA) is 56.0 Å². The molecule has 0 aliphatic heterocycles. The van der Waals surface area contributed by atoms with Gasteiger partial charge < -0.3 is 14.5 Å². The Morgan fingerprint density at radius 1 is 1.29 bits per heavy atom. The molecule has 6 heteroatoms. The van der Waals surface area contributed by atoms with Crippen molar-refractivity contribution in [1.82, 2.24) is 14.5 Å². The third-order valence-corrected chi connectivity index (χ3v) is 4.23. The highest BCUT2D eigenvalue weighted by atomic mass is 32.1. The van der Waals surface area contributed by atoms with Crippen molar-refractivity contribution in [2.24, 2.45) is 7.05 Å². The Balaban J connectivity index is 1.75. The van der Waals surface area contributed by atoms with Gasteiger partial charge in [0.05, 0.1) is 6.54 Å². The summed E-state index contributed by atoms with van der Waals surface area (Å²) in [6.07, 6.45) is 3.50. The van der Waals surface area contributed by atoms with E-state index in [1.807, 2.05) is 42.9 Å². The zero-order chi connectivity index (χ0) is 14.8. The smallest absolute Gasteiger partial charge is 0.275 e. The van der Waals surface area contributed by atoms with E-state index in [2.05, 4.69) is 5.32 Å². The number of hydrogen-bond acceptors (Lipinski definition) is 3. The van der Waals surface area contributed by atoms with Gasteiger partial charge in [-0.25, -0.2) is 0 Å². The number of nitrogens with zero attached hydrogens (tertiary/aromatic N) is 2. The molecule has 0 saturated heterocycles. The molecule has 0 aromatic carbocycles. The van der Waals surface area contributed by atoms with Crippen molar-refractivity contribution in [3.63, 3.8) is 0 Å². The maximum absolute atomic E-state index is 12.3. The highest BCUT2D eigenvalue weighted by molar-refractivity contribution is 7.09. The summed E-state index contributed by atoms with van der Waals surface area (Å²) in [5.41, 5.74) is 0.467. The molecule has 1 amide bonds. The van der Waals surface area contributed by atoms with Crippen molar-refractivity contribution in [1.29, 1.82) is 0 Å². The number of rotatable bonds is 4. The van der Waals surface area contributed by atoms with Crippen molar-refractivity contribution in [3.05, 3.63) is 57.3 Å². The Kier molecular flexibility index (Phi) is 3.62. The van der Waals surface area contributed by atoms with Crippen LogP contribution < -0.4 is 10.9 Å². The summed E-state index contributed by atoms with van der Waals surface area (Å²) in [6.45, 7) is 0.531. The van der Waals surface area contributed by atoms with Crippen LogP contribution in [0.2, 0.25) is 0 Å². The van der Waals surface area contributed by atoms with E-state index < -0.39 is 0 Å². The second-order valence-electron chi connectivity index (χ2n) is 4.84. The number of carbonyl (C=O) groups is 1. The summed E-state index contributed by atoms with van der Waals surface area (Å²) in [5.74, 6) is -0.168. The van der Waals surface area contributed by atoms with Crippen molar-refractivity contribution < 1.29 is 4.79 Å². The van der Waals surface area contributed by atoms with Gasteiger partial charge in [0.25, 0.3) is 5.56 Å². The summed E-state index contributed by atoms with van der Waals surface area (Å²) in [7, 11) is 1.82. The minimum Gasteiger partial charge on any atom is -0.350 e. The zero-order valence-corrected chi connectivity index (χ0v) is 12.4. The van der Waals surface area contributed by atoms with Crippen molar-refractivity contribution >= 4 is 28.1 Å². The van der Waals surface area contributed by atoms with Gasteiger partial charge in [-0.2, -0.15) is 0 Å². The first-order valence-electron chi connectivity index (χ1n) is 6.59. The number of aryl methyl sites for hydroxylation is 1. The van der Waals surface area contributed by atoms with Gasteiger partial charge in [-0.15, -0.1) is 11.3 Å². The van der Waals surface area contributed by atoms with Crippen molar-refractivity contribution in [2.45, 2.75) is 13.1 Å². The van der Waals surface area contributed by atoms with Crippen LogP contribution >= 0.6 is 11.3 Å². The minimum absolute atomic E-state index is 0.0331. The van der Waals surface area contributed by atoms with Gasteiger partial charge in [0.15, 0.2) is 0 Å². The summed E-state index contributed by atoms with van der Waals surface area (Å²) >= 11 is 1.59. The second kappa shape index (κ2) is 5.57. The molecule has 3 heterocycles. The quantitative estimate of drug-likeness (QED) is 0.797. The summed E-state index contributed by atoms with van der Waals surface area (Å²) in [4.78, 5) is 25.4. The van der Waals surface area contributed by atoms with Crippen molar-refractivity contribution in [2.75, 3.05) is 0 Å². The van der Waals surface area contributed by atoms with Crippen LogP contribution in [0.3, 0.4) is 0 Å². The molecule has 0 atom stereocenters. The first-order chi connectivity index (χ1) is 10.1. The van der Waals surface area contributed by atoms with E-state index in [0.717, 1.165) is 10.3 Å². The standard InChI is InChI=1S/C15H15N3O2S/c1-17-6-4-11-5-7-18(15(20)14(11)17)10-13(19)16-9-12-3-2-8-21-12/h2-8H,9-10H2,1H3,(H,16,19). The highest BCUT2D eigenvalue weighted by Gasteiger charge is 2.09. The number of thiophene rings is 1. The monoisotopic (exact) mass is 301 g/mol. The fourth-order valence-electron chi connectivity index (χ4n) is 2.27. The third-order valence-electron chi connectivity index (χ3n) is 3.36. The number of fused-ring (bicyclic) bond motifs is 1. The molecule has 21 heavy (non-hydrogen) atoms. The van der Waals surface area contributed by atoms with Crippen LogP contribution in [0.25, 0.3) is 10.9 Å². The Labute approximate surface area is 125 Å². The first kappa shape index (κ1) is 13.6. The molecular weight excluding hydrogens is 286 g/mol. The molecule has 0 bridgehead atoms. The molecular formula is C15H15N3O2S. The van der Waals surface area contributed by atoms with E-state index in [1.54, 1.807) is 22.1 Å². The van der Waals surface area contributed by atoms with E-state index in [9.17, 15) is 9.59 Å². The minimum atomic E-state index is -0.168. The molecule has 0 spiro atoms. The van der Waals surface area contributed by atoms with Crippen molar-refractivity contribution in [3.8, 4) is 0 Å². The number of amides is 1. The zero-order valence-electron chi connectivity index (χ0n) is 11.6. The number of nitrogens with one attached hydrogen (secondary N) is 1. The lowest BCUT2D eigenvalue weighted by Gasteiger charge is -2.07. The number of pyridine rings is 1. The highest BCUT2D eigenvalue weighted by Crippen LogP contribution is 2.09. The molecule has 0 saturated carbocycles. The van der Waals surface area contributed by atoms with E-state index in [1.165, 1.54) is 4.57 Å². The van der Waals surface area contributed by atoms with Gasteiger partial charge in [-0.3, -0.25) is 9.59 Å². The van der Waals surface area contributed by atoms with Crippen LogP contribution in [0.1, 0.15) is 4.88 Å². The normalized spacial score (nSPS) is 10.9. The predicted octanol–water partition coefficient (Wildman–Crippen LogP) is 1.72. The van der Waals surface area contributed by atoms with Crippen LogP contribution in [0.5, 0.6) is 0 Å².